The molecule has 4 nitrogen and oxygen atoms in total. The molecule has 24 heavy (non-hydrogen) atoms. The van der Waals surface area contributed by atoms with Gasteiger partial charge in [-0.3, -0.25) is 0 Å². The highest BCUT2D eigenvalue weighted by Crippen LogP contribution is 2.65. The number of carboxylic acid groups (broad SMARTS) is 1. The normalized spacial score (nSPS) is 40.6. The summed E-state index contributed by atoms with van der Waals surface area (Å²) >= 11 is 0. The zero-order valence-corrected chi connectivity index (χ0v) is 14.7. The Hall–Kier alpha value is -1.39. The zero-order valence-electron chi connectivity index (χ0n) is 14.7. The minimum Gasteiger partial charge on any atom is -0.479 e. The number of aliphatic carboxylic acids is 1. The van der Waals surface area contributed by atoms with Gasteiger partial charge in [-0.15, -0.1) is 0 Å². The van der Waals surface area contributed by atoms with Crippen LogP contribution in [0.1, 0.15) is 64.0 Å². The third-order valence-corrected chi connectivity index (χ3v) is 6.02. The summed E-state index contributed by atoms with van der Waals surface area (Å²) in [4.78, 5) is 10.2. The Morgan fingerprint density at radius 2 is 1.62 bits per heavy atom. The van der Waals surface area contributed by atoms with Crippen LogP contribution in [0.4, 0.5) is 0 Å². The molecule has 0 aliphatic heterocycles. The van der Waals surface area contributed by atoms with E-state index in [2.05, 4.69) is 13.8 Å². The van der Waals surface area contributed by atoms with E-state index in [9.17, 15) is 4.79 Å². The maximum Gasteiger partial charge on any atom is 0.337 e. The smallest absolute Gasteiger partial charge is 0.337 e. The van der Waals surface area contributed by atoms with Gasteiger partial charge in [0, 0.05) is 5.54 Å². The summed E-state index contributed by atoms with van der Waals surface area (Å²) in [5.74, 6) is -0.271. The van der Waals surface area contributed by atoms with Crippen molar-refractivity contribution in [2.24, 2.45) is 22.5 Å². The summed E-state index contributed by atoms with van der Waals surface area (Å²) in [5, 5.41) is 17.4. The fourth-order valence-corrected chi connectivity index (χ4v) is 6.31. The summed E-state index contributed by atoms with van der Waals surface area (Å²) < 4.78 is 0. The number of carbonyl (C=O) groups is 1. The largest absolute Gasteiger partial charge is 0.479 e. The van der Waals surface area contributed by atoms with Crippen molar-refractivity contribution in [1.82, 2.24) is 0 Å². The molecule has 0 spiro atoms. The molecule has 132 valence electrons. The fourth-order valence-electron chi connectivity index (χ4n) is 6.31. The van der Waals surface area contributed by atoms with Crippen molar-refractivity contribution in [3.05, 3.63) is 35.9 Å². The predicted molar refractivity (Wildman–Crippen MR) is 93.4 cm³/mol. The lowest BCUT2D eigenvalue weighted by atomic mass is 9.43. The second-order valence-corrected chi connectivity index (χ2v) is 9.14. The Balaban J connectivity index is 0.000000144. The van der Waals surface area contributed by atoms with Crippen molar-refractivity contribution in [3.63, 3.8) is 0 Å². The number of hydrogen-bond acceptors (Lipinski definition) is 3. The van der Waals surface area contributed by atoms with Crippen LogP contribution in [0.15, 0.2) is 30.3 Å². The molecule has 1 aromatic rings. The molecule has 4 heteroatoms. The molecule has 3 unspecified atom stereocenters. The van der Waals surface area contributed by atoms with Crippen LogP contribution in [0.3, 0.4) is 0 Å². The molecular formula is C20H29NO3. The van der Waals surface area contributed by atoms with E-state index >= 15 is 0 Å². The summed E-state index contributed by atoms with van der Waals surface area (Å²) in [6.45, 7) is 4.94. The summed E-state index contributed by atoms with van der Waals surface area (Å²) in [6.07, 6.45) is 6.87. The monoisotopic (exact) mass is 331 g/mol. The van der Waals surface area contributed by atoms with E-state index in [0.717, 1.165) is 5.92 Å². The van der Waals surface area contributed by atoms with Crippen LogP contribution in [-0.2, 0) is 4.79 Å². The Bertz CT molecular complexity index is 564. The van der Waals surface area contributed by atoms with Gasteiger partial charge in [-0.05, 0) is 60.8 Å². The molecule has 5 rings (SSSR count). The van der Waals surface area contributed by atoms with E-state index in [1.54, 1.807) is 30.3 Å². The van der Waals surface area contributed by atoms with E-state index in [1.165, 1.54) is 38.5 Å². The molecule has 4 bridgehead atoms. The van der Waals surface area contributed by atoms with Crippen LogP contribution >= 0.6 is 0 Å². The van der Waals surface area contributed by atoms with Crippen molar-refractivity contribution < 1.29 is 15.0 Å². The van der Waals surface area contributed by atoms with E-state index in [-0.39, 0.29) is 5.54 Å². The molecule has 0 saturated heterocycles. The van der Waals surface area contributed by atoms with Crippen LogP contribution < -0.4 is 5.73 Å². The topological polar surface area (TPSA) is 83.6 Å². The number of rotatable bonds is 2. The Kier molecular flexibility index (Phi) is 4.25. The van der Waals surface area contributed by atoms with Crippen molar-refractivity contribution in [1.29, 1.82) is 0 Å². The molecule has 4 fully saturated rings. The summed E-state index contributed by atoms with van der Waals surface area (Å²) in [7, 11) is 0. The van der Waals surface area contributed by atoms with Gasteiger partial charge in [-0.2, -0.15) is 0 Å². The molecule has 1 aromatic carbocycles. The molecule has 3 atom stereocenters. The number of benzene rings is 1. The first-order valence-electron chi connectivity index (χ1n) is 8.87. The highest BCUT2D eigenvalue weighted by Gasteiger charge is 2.58. The van der Waals surface area contributed by atoms with Crippen LogP contribution in [-0.4, -0.2) is 21.7 Å². The fraction of sp³-hybridized carbons (Fsp3) is 0.650. The maximum absolute atomic E-state index is 10.2. The van der Waals surface area contributed by atoms with Crippen LogP contribution in [0.2, 0.25) is 0 Å². The summed E-state index contributed by atoms with van der Waals surface area (Å²) in [6, 6.07) is 8.26. The van der Waals surface area contributed by atoms with Gasteiger partial charge in [0.25, 0.3) is 0 Å². The van der Waals surface area contributed by atoms with E-state index in [1.807, 2.05) is 0 Å². The van der Waals surface area contributed by atoms with Crippen LogP contribution in [0.5, 0.6) is 0 Å². The van der Waals surface area contributed by atoms with E-state index < -0.39 is 12.1 Å². The Morgan fingerprint density at radius 3 is 2.04 bits per heavy atom. The van der Waals surface area contributed by atoms with E-state index in [4.69, 9.17) is 15.9 Å². The molecule has 4 aliphatic carbocycles. The molecule has 4 saturated carbocycles. The third-order valence-electron chi connectivity index (χ3n) is 6.02. The van der Waals surface area contributed by atoms with Crippen molar-refractivity contribution >= 4 is 5.97 Å². The zero-order chi connectivity index (χ0) is 17.6. The number of nitrogens with two attached hydrogens (primary N) is 1. The molecule has 0 amide bonds. The highest BCUT2D eigenvalue weighted by molar-refractivity contribution is 5.73. The predicted octanol–water partition coefficient (Wildman–Crippen LogP) is 3.50. The van der Waals surface area contributed by atoms with Gasteiger partial charge in [0.2, 0.25) is 0 Å². The second-order valence-electron chi connectivity index (χ2n) is 9.14. The van der Waals surface area contributed by atoms with Gasteiger partial charge in [0.15, 0.2) is 6.10 Å². The molecule has 0 heterocycles. The first-order chi connectivity index (χ1) is 11.1. The molecule has 0 radical (unpaired) electrons. The minimum atomic E-state index is -1.41. The average Bonchev–Trinajstić information content (AvgIpc) is 2.43. The lowest BCUT2D eigenvalue weighted by molar-refractivity contribution is -0.146. The second kappa shape index (κ2) is 5.85. The number of hydrogen-bond donors (Lipinski definition) is 3. The van der Waals surface area contributed by atoms with Crippen molar-refractivity contribution in [2.75, 3.05) is 0 Å². The highest BCUT2D eigenvalue weighted by atomic mass is 16.4. The molecule has 4 aliphatic rings. The number of carboxylic acids is 1. The maximum atomic E-state index is 10.2. The van der Waals surface area contributed by atoms with Gasteiger partial charge in [0.05, 0.1) is 0 Å². The standard InChI is InChI=1S/C12H21N.C8H8O3/c1-10-3-9-4-11(2,6-10)8-12(13,5-9)7-10;9-7(8(10)11)6-4-2-1-3-5-6/h9H,3-8,13H2,1-2H3;1-5,7,9H,(H,10,11). The van der Waals surface area contributed by atoms with Gasteiger partial charge in [-0.25, -0.2) is 4.79 Å². The number of aliphatic hydroxyl groups is 1. The quantitative estimate of drug-likeness (QED) is 0.774. The van der Waals surface area contributed by atoms with Gasteiger partial charge in [0.1, 0.15) is 0 Å². The Morgan fingerprint density at radius 1 is 1.08 bits per heavy atom. The lowest BCUT2D eigenvalue weighted by Crippen LogP contribution is -2.62. The first-order valence-corrected chi connectivity index (χ1v) is 8.87. The van der Waals surface area contributed by atoms with Crippen molar-refractivity contribution in [3.8, 4) is 0 Å². The minimum absolute atomic E-state index is 0.225. The number of aliphatic hydroxyl groups excluding tert-OH is 1. The van der Waals surface area contributed by atoms with Gasteiger partial charge < -0.3 is 15.9 Å². The molecule has 0 aromatic heterocycles. The Labute approximate surface area is 144 Å². The van der Waals surface area contributed by atoms with Gasteiger partial charge >= 0.3 is 5.97 Å². The average molecular weight is 331 g/mol. The SMILES string of the molecule is CC12CC3CC(C)(C1)CC(N)(C3)C2.O=C(O)C(O)c1ccccc1. The van der Waals surface area contributed by atoms with Crippen molar-refractivity contribution in [2.45, 2.75) is 64.0 Å². The van der Waals surface area contributed by atoms with Crippen LogP contribution in [0, 0.1) is 16.7 Å². The lowest BCUT2D eigenvalue weighted by Gasteiger charge is -2.64. The van der Waals surface area contributed by atoms with E-state index in [0.29, 0.717) is 16.4 Å². The van der Waals surface area contributed by atoms with Gasteiger partial charge in [-0.1, -0.05) is 44.2 Å². The molecule has 4 N–H and O–H groups in total. The van der Waals surface area contributed by atoms with Crippen LogP contribution in [0.25, 0.3) is 0 Å². The first kappa shape index (κ1) is 17.4. The molecular weight excluding hydrogens is 302 g/mol. The summed E-state index contributed by atoms with van der Waals surface area (Å²) in [5.41, 5.74) is 8.32. The third kappa shape index (κ3) is 3.50.